The van der Waals surface area contributed by atoms with Crippen molar-refractivity contribution in [3.8, 4) is 5.75 Å². The van der Waals surface area contributed by atoms with Gasteiger partial charge in [-0.15, -0.1) is 5.75 Å². The number of rotatable bonds is 11. The third-order valence-electron chi connectivity index (χ3n) is 6.64. The number of quaternary nitrogens is 1. The lowest BCUT2D eigenvalue weighted by molar-refractivity contribution is -0.960. The molecule has 6 nitrogen and oxygen atoms in total. The van der Waals surface area contributed by atoms with Crippen LogP contribution in [-0.2, 0) is 25.7 Å². The summed E-state index contributed by atoms with van der Waals surface area (Å²) in [5, 5.41) is 13.0. The summed E-state index contributed by atoms with van der Waals surface area (Å²) < 4.78 is 10.7. The van der Waals surface area contributed by atoms with Crippen molar-refractivity contribution in [1.29, 1.82) is 0 Å². The number of esters is 2. The molecule has 0 fully saturated rings. The Morgan fingerprint density at radius 1 is 1.00 bits per heavy atom. The molecule has 0 radical (unpaired) electrons. The lowest BCUT2D eigenvalue weighted by Gasteiger charge is -2.46. The third kappa shape index (κ3) is 6.81. The maximum atomic E-state index is 13.0. The minimum Gasteiger partial charge on any atom is -0.872 e. The normalized spacial score (nSPS) is 12.6. The van der Waals surface area contributed by atoms with Crippen LogP contribution < -0.4 is 5.11 Å². The minimum atomic E-state index is -0.360. The number of carbonyl (C=O) groups is 2. The van der Waals surface area contributed by atoms with E-state index in [0.29, 0.717) is 23.0 Å². The fraction of sp³-hybridized carbons (Fsp3) is 0.481. The van der Waals surface area contributed by atoms with Crippen molar-refractivity contribution in [3.05, 3.63) is 65.2 Å². The van der Waals surface area contributed by atoms with E-state index in [-0.39, 0.29) is 48.8 Å². The zero-order valence-corrected chi connectivity index (χ0v) is 20.7. The second-order valence-corrected chi connectivity index (χ2v) is 9.15. The van der Waals surface area contributed by atoms with Crippen LogP contribution >= 0.6 is 0 Å². The van der Waals surface area contributed by atoms with Crippen molar-refractivity contribution >= 4 is 11.9 Å². The Bertz CT molecular complexity index is 915. The molecule has 0 aromatic heterocycles. The van der Waals surface area contributed by atoms with Crippen LogP contribution in [0.15, 0.2) is 48.5 Å². The van der Waals surface area contributed by atoms with Gasteiger partial charge in [0.15, 0.2) is 6.54 Å². The van der Waals surface area contributed by atoms with Gasteiger partial charge in [-0.1, -0.05) is 48.5 Å². The molecule has 2 aromatic carbocycles. The molecule has 0 N–H and O–H groups in total. The van der Waals surface area contributed by atoms with Crippen LogP contribution in [0.2, 0.25) is 0 Å². The Kier molecular flexibility index (Phi) is 9.47. The van der Waals surface area contributed by atoms with Gasteiger partial charge in [0.2, 0.25) is 0 Å². The highest BCUT2D eigenvalue weighted by atomic mass is 16.5. The summed E-state index contributed by atoms with van der Waals surface area (Å²) in [7, 11) is 1.42. The first-order valence-corrected chi connectivity index (χ1v) is 11.5. The first-order valence-electron chi connectivity index (χ1n) is 11.5. The van der Waals surface area contributed by atoms with Crippen LogP contribution in [-0.4, -0.2) is 48.7 Å². The molecule has 0 bridgehead atoms. The van der Waals surface area contributed by atoms with Gasteiger partial charge in [0.05, 0.1) is 25.7 Å². The van der Waals surface area contributed by atoms with Gasteiger partial charge in [0.1, 0.15) is 6.61 Å². The number of methoxy groups -OCH3 is 1. The van der Waals surface area contributed by atoms with Gasteiger partial charge >= 0.3 is 11.9 Å². The summed E-state index contributed by atoms with van der Waals surface area (Å²) in [6.45, 7) is 11.0. The molecule has 1 atom stereocenters. The highest BCUT2D eigenvalue weighted by Crippen LogP contribution is 2.35. The van der Waals surface area contributed by atoms with Crippen LogP contribution in [0.25, 0.3) is 0 Å². The summed E-state index contributed by atoms with van der Waals surface area (Å²) in [5.74, 6) is -0.790. The topological polar surface area (TPSA) is 75.7 Å². The second kappa shape index (κ2) is 11.8. The first-order chi connectivity index (χ1) is 15.6. The molecule has 1 unspecified atom stereocenters. The van der Waals surface area contributed by atoms with Crippen LogP contribution in [0.4, 0.5) is 0 Å². The van der Waals surface area contributed by atoms with E-state index >= 15 is 0 Å². The Hall–Kier alpha value is -2.86. The summed E-state index contributed by atoms with van der Waals surface area (Å²) >= 11 is 0. The van der Waals surface area contributed by atoms with Crippen molar-refractivity contribution in [1.82, 2.24) is 0 Å². The molecular formula is C27H37NO5. The Labute approximate surface area is 197 Å². The van der Waals surface area contributed by atoms with E-state index in [0.717, 1.165) is 11.1 Å². The monoisotopic (exact) mass is 455 g/mol. The van der Waals surface area contributed by atoms with Gasteiger partial charge in [-0.25, -0.2) is 4.79 Å². The number of carbonyl (C=O) groups excluding carboxylic acids is 2. The van der Waals surface area contributed by atoms with Gasteiger partial charge < -0.3 is 19.1 Å². The second-order valence-electron chi connectivity index (χ2n) is 9.15. The molecule has 0 aliphatic carbocycles. The number of benzene rings is 2. The van der Waals surface area contributed by atoms with Crippen molar-refractivity contribution in [3.63, 3.8) is 0 Å². The van der Waals surface area contributed by atoms with Gasteiger partial charge in [-0.2, -0.15) is 0 Å². The number of hydrogen-bond acceptors (Lipinski definition) is 5. The van der Waals surface area contributed by atoms with E-state index in [4.69, 9.17) is 9.47 Å². The highest BCUT2D eigenvalue weighted by molar-refractivity contribution is 5.70. The van der Waals surface area contributed by atoms with E-state index < -0.39 is 0 Å². The van der Waals surface area contributed by atoms with E-state index in [2.05, 4.69) is 27.7 Å². The van der Waals surface area contributed by atoms with Gasteiger partial charge in [0, 0.05) is 19.3 Å². The van der Waals surface area contributed by atoms with Crippen molar-refractivity contribution < 1.29 is 28.7 Å². The van der Waals surface area contributed by atoms with E-state index in [1.807, 2.05) is 36.4 Å². The van der Waals surface area contributed by atoms with Crippen molar-refractivity contribution in [2.24, 2.45) is 0 Å². The lowest BCUT2D eigenvalue weighted by Crippen LogP contribution is -2.60. The van der Waals surface area contributed by atoms with E-state index in [1.54, 1.807) is 12.1 Å². The van der Waals surface area contributed by atoms with Crippen LogP contribution in [0.5, 0.6) is 5.75 Å². The quantitative estimate of drug-likeness (QED) is 0.376. The average Bonchev–Trinajstić information content (AvgIpc) is 2.78. The van der Waals surface area contributed by atoms with Crippen LogP contribution in [0.3, 0.4) is 0 Å². The molecule has 0 aliphatic heterocycles. The summed E-state index contributed by atoms with van der Waals surface area (Å²) in [5.41, 5.74) is 2.50. The molecule has 0 amide bonds. The molecule has 2 aromatic rings. The number of ether oxygens (including phenoxy) is 2. The molecular weight excluding hydrogens is 418 g/mol. The summed E-state index contributed by atoms with van der Waals surface area (Å²) in [6, 6.07) is 15.4. The SMILES string of the molecule is COC(=O)C[N+](CCC(c1ccccc1)c1cc(COC(C)=O)ccc1[O-])(C(C)C)C(C)C. The van der Waals surface area contributed by atoms with Gasteiger partial charge in [-0.3, -0.25) is 4.79 Å². The third-order valence-corrected chi connectivity index (χ3v) is 6.64. The largest absolute Gasteiger partial charge is 0.872 e. The standard InChI is InChI=1S/C27H37NO5/c1-19(2)28(20(3)4,17-27(31)32-6)15-14-24(23-10-8-7-9-11-23)25-16-22(12-13-26(25)30)18-33-21(5)29/h7-13,16,19-20,24H,14-15,17-18H2,1-6H3. The summed E-state index contributed by atoms with van der Waals surface area (Å²) in [4.78, 5) is 23.6. The van der Waals surface area contributed by atoms with Crippen molar-refractivity contribution in [2.75, 3.05) is 20.2 Å². The first kappa shape index (κ1) is 26.4. The molecule has 180 valence electrons. The predicted molar refractivity (Wildman–Crippen MR) is 127 cm³/mol. The molecule has 0 aliphatic rings. The minimum absolute atomic E-state index is 0.0458. The Balaban J connectivity index is 2.46. The van der Waals surface area contributed by atoms with Crippen LogP contribution in [0, 0.1) is 0 Å². The van der Waals surface area contributed by atoms with E-state index in [1.165, 1.54) is 14.0 Å². The highest BCUT2D eigenvalue weighted by Gasteiger charge is 2.38. The Morgan fingerprint density at radius 3 is 2.18 bits per heavy atom. The van der Waals surface area contributed by atoms with Crippen molar-refractivity contribution in [2.45, 2.75) is 65.6 Å². The fourth-order valence-corrected chi connectivity index (χ4v) is 4.56. The molecule has 6 heteroatoms. The average molecular weight is 456 g/mol. The smallest absolute Gasteiger partial charge is 0.361 e. The Morgan fingerprint density at radius 2 is 1.64 bits per heavy atom. The van der Waals surface area contributed by atoms with Crippen LogP contribution in [0.1, 0.15) is 63.6 Å². The zero-order valence-electron chi connectivity index (χ0n) is 20.7. The molecule has 2 rings (SSSR count). The lowest BCUT2D eigenvalue weighted by atomic mass is 9.86. The number of hydrogen-bond donors (Lipinski definition) is 0. The molecule has 33 heavy (non-hydrogen) atoms. The van der Waals surface area contributed by atoms with E-state index in [9.17, 15) is 14.7 Å². The molecule has 0 saturated carbocycles. The molecule has 0 heterocycles. The number of nitrogens with zero attached hydrogens (tertiary/aromatic N) is 1. The molecule has 0 spiro atoms. The van der Waals surface area contributed by atoms with Gasteiger partial charge in [-0.05, 0) is 44.4 Å². The van der Waals surface area contributed by atoms with Gasteiger partial charge in [0.25, 0.3) is 0 Å². The fourth-order valence-electron chi connectivity index (χ4n) is 4.56. The molecule has 0 saturated heterocycles. The maximum Gasteiger partial charge on any atom is 0.361 e. The summed E-state index contributed by atoms with van der Waals surface area (Å²) in [6.07, 6.45) is 0.684. The predicted octanol–water partition coefficient (Wildman–Crippen LogP) is 4.15. The maximum absolute atomic E-state index is 13.0. The zero-order chi connectivity index (χ0) is 24.6.